The van der Waals surface area contributed by atoms with E-state index in [4.69, 9.17) is 4.98 Å². The Morgan fingerprint density at radius 2 is 1.68 bits per heavy atom. The zero-order valence-corrected chi connectivity index (χ0v) is 12.9. The lowest BCUT2D eigenvalue weighted by atomic mass is 10.1. The summed E-state index contributed by atoms with van der Waals surface area (Å²) >= 11 is 0. The molecule has 0 aliphatic rings. The monoisotopic (exact) mass is 259 g/mol. The van der Waals surface area contributed by atoms with Crippen molar-refractivity contribution in [2.75, 3.05) is 0 Å². The first-order valence-corrected chi connectivity index (χ1v) is 6.90. The number of para-hydroxylation sites is 2. The van der Waals surface area contributed by atoms with Crippen molar-refractivity contribution in [2.24, 2.45) is 0 Å². The van der Waals surface area contributed by atoms with E-state index in [0.29, 0.717) is 0 Å². The van der Waals surface area contributed by atoms with E-state index in [-0.39, 0.29) is 11.1 Å². The molecule has 1 N–H and O–H groups in total. The van der Waals surface area contributed by atoms with Crippen molar-refractivity contribution in [3.8, 4) is 0 Å². The fourth-order valence-corrected chi connectivity index (χ4v) is 2.29. The molecule has 0 fully saturated rings. The third-order valence-corrected chi connectivity index (χ3v) is 3.08. The number of hydrogen-bond donors (Lipinski definition) is 1. The molecule has 1 aromatic heterocycles. The lowest BCUT2D eigenvalue weighted by Crippen LogP contribution is -2.37. The fraction of sp³-hybridized carbons (Fsp3) is 0.562. The first kappa shape index (κ1) is 14.1. The zero-order valence-electron chi connectivity index (χ0n) is 12.9. The van der Waals surface area contributed by atoms with Gasteiger partial charge in [-0.05, 0) is 53.7 Å². The summed E-state index contributed by atoms with van der Waals surface area (Å²) in [6.07, 6.45) is 0. The Kier molecular flexibility index (Phi) is 3.43. The average Bonchev–Trinajstić information content (AvgIpc) is 2.63. The van der Waals surface area contributed by atoms with Crippen LogP contribution in [0.2, 0.25) is 0 Å². The van der Waals surface area contributed by atoms with Crippen molar-refractivity contribution in [3.63, 3.8) is 0 Å². The van der Waals surface area contributed by atoms with E-state index in [2.05, 4.69) is 69.6 Å². The predicted octanol–water partition coefficient (Wildman–Crippen LogP) is 3.68. The number of benzene rings is 1. The molecule has 0 spiro atoms. The molecule has 0 aliphatic heterocycles. The molecule has 0 aliphatic carbocycles. The summed E-state index contributed by atoms with van der Waals surface area (Å²) < 4.78 is 2.33. The van der Waals surface area contributed by atoms with Crippen LogP contribution in [-0.4, -0.2) is 15.1 Å². The predicted molar refractivity (Wildman–Crippen MR) is 81.3 cm³/mol. The van der Waals surface area contributed by atoms with Crippen molar-refractivity contribution in [1.29, 1.82) is 0 Å². The number of rotatable bonds is 2. The van der Waals surface area contributed by atoms with Gasteiger partial charge in [0, 0.05) is 11.1 Å². The molecular formula is C16H25N3. The molecule has 2 rings (SSSR count). The van der Waals surface area contributed by atoms with E-state index in [1.165, 1.54) is 5.52 Å². The van der Waals surface area contributed by atoms with Crippen LogP contribution < -0.4 is 5.32 Å². The topological polar surface area (TPSA) is 29.9 Å². The molecule has 0 amide bonds. The molecule has 0 saturated carbocycles. The molecule has 1 aromatic carbocycles. The second-order valence-electron chi connectivity index (χ2n) is 7.13. The Labute approximate surface area is 116 Å². The molecule has 0 unspecified atom stereocenters. The van der Waals surface area contributed by atoms with Crippen LogP contribution in [0.3, 0.4) is 0 Å². The number of imidazole rings is 1. The van der Waals surface area contributed by atoms with Crippen molar-refractivity contribution >= 4 is 11.0 Å². The largest absolute Gasteiger partial charge is 0.322 e. The minimum Gasteiger partial charge on any atom is -0.322 e. The Balaban J connectivity index is 2.48. The molecule has 19 heavy (non-hydrogen) atoms. The summed E-state index contributed by atoms with van der Waals surface area (Å²) in [5.74, 6) is 1.10. The van der Waals surface area contributed by atoms with E-state index in [9.17, 15) is 0 Å². The maximum atomic E-state index is 4.78. The van der Waals surface area contributed by atoms with Crippen molar-refractivity contribution in [1.82, 2.24) is 14.9 Å². The number of fused-ring (bicyclic) bond motifs is 1. The van der Waals surface area contributed by atoms with Gasteiger partial charge in [-0.3, -0.25) is 0 Å². The van der Waals surface area contributed by atoms with Crippen LogP contribution in [0.5, 0.6) is 0 Å². The van der Waals surface area contributed by atoms with Crippen LogP contribution in [0.1, 0.15) is 47.4 Å². The summed E-state index contributed by atoms with van der Waals surface area (Å²) in [4.78, 5) is 4.78. The smallest absolute Gasteiger partial charge is 0.124 e. The van der Waals surface area contributed by atoms with Gasteiger partial charge in [-0.15, -0.1) is 0 Å². The minimum absolute atomic E-state index is 0.0327. The Morgan fingerprint density at radius 1 is 1.05 bits per heavy atom. The van der Waals surface area contributed by atoms with E-state index in [0.717, 1.165) is 17.9 Å². The highest BCUT2D eigenvalue weighted by Gasteiger charge is 2.22. The highest BCUT2D eigenvalue weighted by Crippen LogP contribution is 2.25. The Bertz CT molecular complexity index is 568. The van der Waals surface area contributed by atoms with Gasteiger partial charge in [0.05, 0.1) is 17.6 Å². The molecular weight excluding hydrogens is 234 g/mol. The van der Waals surface area contributed by atoms with Gasteiger partial charge in [0.25, 0.3) is 0 Å². The second-order valence-corrected chi connectivity index (χ2v) is 7.13. The molecule has 1 heterocycles. The molecule has 2 aromatic rings. The van der Waals surface area contributed by atoms with Crippen molar-refractivity contribution in [2.45, 2.75) is 59.2 Å². The van der Waals surface area contributed by atoms with Gasteiger partial charge in [-0.1, -0.05) is 12.1 Å². The normalized spacial score (nSPS) is 13.2. The first-order valence-electron chi connectivity index (χ1n) is 6.90. The standard InChI is InChI=1S/C16H25N3/c1-15(2,3)17-11-14-18-12-9-7-8-10-13(12)19(14)16(4,5)6/h7-10,17H,11H2,1-6H3. The Morgan fingerprint density at radius 3 is 2.26 bits per heavy atom. The molecule has 0 radical (unpaired) electrons. The molecule has 3 nitrogen and oxygen atoms in total. The van der Waals surface area contributed by atoms with Crippen LogP contribution in [0.4, 0.5) is 0 Å². The van der Waals surface area contributed by atoms with Gasteiger partial charge in [-0.2, -0.15) is 0 Å². The van der Waals surface area contributed by atoms with Crippen LogP contribution >= 0.6 is 0 Å². The average molecular weight is 259 g/mol. The molecule has 3 heteroatoms. The highest BCUT2D eigenvalue weighted by molar-refractivity contribution is 5.76. The summed E-state index contributed by atoms with van der Waals surface area (Å²) in [6.45, 7) is 14.0. The fourth-order valence-electron chi connectivity index (χ4n) is 2.29. The second kappa shape index (κ2) is 4.64. The minimum atomic E-state index is 0.0327. The van der Waals surface area contributed by atoms with Gasteiger partial charge in [0.1, 0.15) is 5.82 Å². The van der Waals surface area contributed by atoms with E-state index in [1.807, 2.05) is 6.07 Å². The van der Waals surface area contributed by atoms with Crippen LogP contribution in [0, 0.1) is 0 Å². The molecule has 0 bridgehead atoms. The summed E-state index contributed by atoms with van der Waals surface area (Å²) in [5.41, 5.74) is 2.41. The van der Waals surface area contributed by atoms with Crippen LogP contribution in [-0.2, 0) is 12.1 Å². The SMILES string of the molecule is CC(C)(C)NCc1nc2ccccc2n1C(C)(C)C. The number of nitrogens with zero attached hydrogens (tertiary/aromatic N) is 2. The third-order valence-electron chi connectivity index (χ3n) is 3.08. The zero-order chi connectivity index (χ0) is 14.3. The van der Waals surface area contributed by atoms with Crippen molar-refractivity contribution < 1.29 is 0 Å². The molecule has 0 saturated heterocycles. The number of nitrogens with one attached hydrogen (secondary N) is 1. The maximum absolute atomic E-state index is 4.78. The lowest BCUT2D eigenvalue weighted by Gasteiger charge is -2.26. The summed E-state index contributed by atoms with van der Waals surface area (Å²) in [5, 5.41) is 3.53. The maximum Gasteiger partial charge on any atom is 0.124 e. The van der Waals surface area contributed by atoms with Gasteiger partial charge in [0.15, 0.2) is 0 Å². The van der Waals surface area contributed by atoms with Gasteiger partial charge >= 0.3 is 0 Å². The van der Waals surface area contributed by atoms with Crippen molar-refractivity contribution in [3.05, 3.63) is 30.1 Å². The molecule has 104 valence electrons. The van der Waals surface area contributed by atoms with E-state index < -0.39 is 0 Å². The van der Waals surface area contributed by atoms with Gasteiger partial charge in [0.2, 0.25) is 0 Å². The van der Waals surface area contributed by atoms with Crippen LogP contribution in [0.15, 0.2) is 24.3 Å². The quantitative estimate of drug-likeness (QED) is 0.891. The Hall–Kier alpha value is -1.35. The summed E-state index contributed by atoms with van der Waals surface area (Å²) in [7, 11) is 0. The summed E-state index contributed by atoms with van der Waals surface area (Å²) in [6, 6.07) is 8.35. The first-order chi connectivity index (χ1) is 8.68. The lowest BCUT2D eigenvalue weighted by molar-refractivity contribution is 0.365. The molecule has 0 atom stereocenters. The van der Waals surface area contributed by atoms with Crippen LogP contribution in [0.25, 0.3) is 11.0 Å². The third kappa shape index (κ3) is 3.16. The number of aromatic nitrogens is 2. The van der Waals surface area contributed by atoms with Gasteiger partial charge < -0.3 is 9.88 Å². The highest BCUT2D eigenvalue weighted by atomic mass is 15.2. The number of hydrogen-bond acceptors (Lipinski definition) is 2. The van der Waals surface area contributed by atoms with E-state index >= 15 is 0 Å². The van der Waals surface area contributed by atoms with E-state index in [1.54, 1.807) is 0 Å². The van der Waals surface area contributed by atoms with Gasteiger partial charge in [-0.25, -0.2) is 4.98 Å².